The molecule has 1 aromatic carbocycles. The van der Waals surface area contributed by atoms with E-state index in [4.69, 9.17) is 13.9 Å². The molecule has 0 fully saturated rings. The van der Waals surface area contributed by atoms with Gasteiger partial charge in [-0.1, -0.05) is 6.07 Å². The molecule has 198 valence electrons. The van der Waals surface area contributed by atoms with Crippen LogP contribution in [0.15, 0.2) is 56.0 Å². The van der Waals surface area contributed by atoms with Crippen LogP contribution >= 0.6 is 15.9 Å². The van der Waals surface area contributed by atoms with Gasteiger partial charge in [0.2, 0.25) is 5.96 Å². The number of ether oxygens (including phenoxy) is 2. The van der Waals surface area contributed by atoms with E-state index < -0.39 is 33.3 Å². The Labute approximate surface area is 220 Å². The number of anilines is 1. The van der Waals surface area contributed by atoms with Crippen molar-refractivity contribution in [2.24, 2.45) is 4.40 Å². The first kappa shape index (κ1) is 27.9. The van der Waals surface area contributed by atoms with E-state index in [1.54, 1.807) is 31.2 Å². The summed E-state index contributed by atoms with van der Waals surface area (Å²) in [6.07, 6.45) is 2.59. The average Bonchev–Trinajstić information content (AvgIpc) is 3.28. The van der Waals surface area contributed by atoms with Gasteiger partial charge >= 0.3 is 5.91 Å². The molecule has 0 aliphatic heterocycles. The lowest BCUT2D eigenvalue weighted by Crippen LogP contribution is -2.45. The number of carbonyl (C=O) groups is 1. The lowest BCUT2D eigenvalue weighted by molar-refractivity contribution is 0.0914. The van der Waals surface area contributed by atoms with Crippen LogP contribution in [0, 0.1) is 6.92 Å². The van der Waals surface area contributed by atoms with Crippen molar-refractivity contribution in [1.29, 1.82) is 0 Å². The SMILES string of the molecule is COc1cccc(OC)c1N/C(=N/S(=O)(=O)C[C@@](C)(F)c1ncc(Br)cn1)NNC(=O)c1ccc(C)o1. The molecule has 2 aromatic heterocycles. The lowest BCUT2D eigenvalue weighted by Gasteiger charge is -2.19. The molecule has 3 rings (SSSR count). The molecule has 37 heavy (non-hydrogen) atoms. The Kier molecular flexibility index (Phi) is 8.70. The number of amides is 1. The zero-order valence-electron chi connectivity index (χ0n) is 20.2. The number of guanidine groups is 1. The van der Waals surface area contributed by atoms with Crippen molar-refractivity contribution in [3.8, 4) is 11.5 Å². The van der Waals surface area contributed by atoms with E-state index in [1.807, 2.05) is 0 Å². The van der Waals surface area contributed by atoms with E-state index >= 15 is 4.39 Å². The molecule has 0 radical (unpaired) electrons. The van der Waals surface area contributed by atoms with Crippen LogP contribution in [0.1, 0.15) is 29.1 Å². The van der Waals surface area contributed by atoms with Gasteiger partial charge in [0.1, 0.15) is 28.7 Å². The quantitative estimate of drug-likeness (QED) is 0.200. The molecular weight excluding hydrogens is 575 g/mol. The normalized spacial score (nSPS) is 13.4. The number of methoxy groups -OCH3 is 2. The number of nitrogens with one attached hydrogen (secondary N) is 3. The molecule has 0 unspecified atom stereocenters. The van der Waals surface area contributed by atoms with Gasteiger partial charge in [-0.25, -0.2) is 22.8 Å². The Morgan fingerprint density at radius 3 is 2.30 bits per heavy atom. The fourth-order valence-electron chi connectivity index (χ4n) is 3.06. The zero-order valence-corrected chi connectivity index (χ0v) is 22.6. The third-order valence-corrected chi connectivity index (χ3v) is 6.48. The molecule has 12 nitrogen and oxygen atoms in total. The fraction of sp³-hybridized carbons (Fsp3) is 0.273. The minimum Gasteiger partial charge on any atom is -0.494 e. The molecule has 2 heterocycles. The second kappa shape index (κ2) is 11.6. The number of hydrogen-bond donors (Lipinski definition) is 3. The molecule has 3 aromatic rings. The van der Waals surface area contributed by atoms with Gasteiger partial charge in [-0.3, -0.25) is 15.6 Å². The molecular formula is C22H24BrFN6O6S. The minimum atomic E-state index is -4.52. The monoisotopic (exact) mass is 598 g/mol. The summed E-state index contributed by atoms with van der Waals surface area (Å²) in [6, 6.07) is 7.84. The lowest BCUT2D eigenvalue weighted by atomic mass is 10.1. The number of alkyl halides is 1. The number of hydrazine groups is 1. The van der Waals surface area contributed by atoms with E-state index in [-0.39, 0.29) is 28.8 Å². The molecule has 1 atom stereocenters. The maximum absolute atomic E-state index is 15.4. The number of hydrogen-bond acceptors (Lipinski definition) is 8. The maximum atomic E-state index is 15.4. The van der Waals surface area contributed by atoms with Crippen LogP contribution < -0.4 is 25.6 Å². The largest absolute Gasteiger partial charge is 0.494 e. The van der Waals surface area contributed by atoms with Crippen molar-refractivity contribution in [3.63, 3.8) is 0 Å². The maximum Gasteiger partial charge on any atom is 0.305 e. The van der Waals surface area contributed by atoms with Gasteiger partial charge in [0.25, 0.3) is 10.0 Å². The first-order valence-electron chi connectivity index (χ1n) is 10.5. The number of benzene rings is 1. The van der Waals surface area contributed by atoms with Crippen LogP contribution in [0.2, 0.25) is 0 Å². The van der Waals surface area contributed by atoms with Crippen LogP contribution in [-0.4, -0.2) is 50.2 Å². The predicted molar refractivity (Wildman–Crippen MR) is 137 cm³/mol. The molecule has 3 N–H and O–H groups in total. The highest BCUT2D eigenvalue weighted by Crippen LogP contribution is 2.34. The van der Waals surface area contributed by atoms with Crippen LogP contribution in [0.3, 0.4) is 0 Å². The number of rotatable bonds is 8. The third-order valence-electron chi connectivity index (χ3n) is 4.70. The van der Waals surface area contributed by atoms with Crippen LogP contribution in [-0.2, 0) is 15.7 Å². The number of carbonyl (C=O) groups excluding carboxylic acids is 1. The van der Waals surface area contributed by atoms with E-state index in [2.05, 4.69) is 46.5 Å². The van der Waals surface area contributed by atoms with Crippen molar-refractivity contribution in [2.45, 2.75) is 19.5 Å². The number of furan rings is 1. The third kappa shape index (κ3) is 7.39. The Balaban J connectivity index is 1.93. The van der Waals surface area contributed by atoms with Crippen LogP contribution in [0.5, 0.6) is 11.5 Å². The smallest absolute Gasteiger partial charge is 0.305 e. The summed E-state index contributed by atoms with van der Waals surface area (Å²) < 4.78 is 61.3. The van der Waals surface area contributed by atoms with Crippen molar-refractivity contribution in [2.75, 3.05) is 25.3 Å². The second-order valence-electron chi connectivity index (χ2n) is 7.74. The number of sulfonamides is 1. The van der Waals surface area contributed by atoms with Gasteiger partial charge in [-0.15, -0.1) is 4.40 Å². The number of aryl methyl sites for hydroxylation is 1. The topological polar surface area (TPSA) is 157 Å². The molecule has 1 amide bonds. The first-order chi connectivity index (χ1) is 17.4. The number of aromatic nitrogens is 2. The average molecular weight is 599 g/mol. The Bertz CT molecular complexity index is 1370. The standard InChI is InChI=1S/C22H24BrFN6O6S/c1-13-8-9-17(36-13)19(31)28-29-21(27-18-15(34-3)6-5-7-16(18)35-4)30-37(32,33)12-22(2,24)20-25-10-14(23)11-26-20/h5-11H,12H2,1-4H3,(H,28,31)(H2,27,29,30)/t22-/m1/s1. The van der Waals surface area contributed by atoms with Gasteiger partial charge in [-0.05, 0) is 54.0 Å². The molecule has 0 saturated carbocycles. The van der Waals surface area contributed by atoms with E-state index in [1.165, 1.54) is 32.7 Å². The molecule has 0 aliphatic carbocycles. The molecule has 0 saturated heterocycles. The van der Waals surface area contributed by atoms with Gasteiger partial charge in [0, 0.05) is 12.4 Å². The molecule has 0 bridgehead atoms. The summed E-state index contributed by atoms with van der Waals surface area (Å²) in [7, 11) is -1.73. The second-order valence-corrected chi connectivity index (χ2v) is 10.3. The minimum absolute atomic E-state index is 0.0363. The zero-order chi connectivity index (χ0) is 27.2. The van der Waals surface area contributed by atoms with Gasteiger partial charge in [0.15, 0.2) is 17.3 Å². The van der Waals surface area contributed by atoms with E-state index in [0.29, 0.717) is 10.2 Å². The first-order valence-corrected chi connectivity index (χ1v) is 12.9. The molecule has 15 heteroatoms. The van der Waals surface area contributed by atoms with E-state index in [9.17, 15) is 13.2 Å². The number of para-hydroxylation sites is 1. The summed E-state index contributed by atoms with van der Waals surface area (Å²) in [5.41, 5.74) is 2.39. The Hall–Kier alpha value is -3.72. The number of nitrogens with zero attached hydrogens (tertiary/aromatic N) is 3. The van der Waals surface area contributed by atoms with Crippen molar-refractivity contribution in [1.82, 2.24) is 20.8 Å². The summed E-state index contributed by atoms with van der Waals surface area (Å²) in [5, 5.41) is 2.72. The molecule has 0 aliphatic rings. The van der Waals surface area contributed by atoms with Gasteiger partial charge in [-0.2, -0.15) is 0 Å². The summed E-state index contributed by atoms with van der Waals surface area (Å²) in [6.45, 7) is 2.68. The summed E-state index contributed by atoms with van der Waals surface area (Å²) >= 11 is 3.14. The fourth-order valence-corrected chi connectivity index (χ4v) is 4.52. The van der Waals surface area contributed by atoms with Crippen molar-refractivity contribution in [3.05, 3.63) is 64.5 Å². The molecule has 0 spiro atoms. The van der Waals surface area contributed by atoms with Crippen molar-refractivity contribution < 1.29 is 31.5 Å². The van der Waals surface area contributed by atoms with E-state index in [0.717, 1.165) is 6.92 Å². The van der Waals surface area contributed by atoms with Crippen LogP contribution in [0.4, 0.5) is 10.1 Å². The highest BCUT2D eigenvalue weighted by atomic mass is 79.9. The summed E-state index contributed by atoms with van der Waals surface area (Å²) in [5.74, 6) is -1.62. The predicted octanol–water partition coefficient (Wildman–Crippen LogP) is 3.07. The van der Waals surface area contributed by atoms with Gasteiger partial charge < -0.3 is 19.2 Å². The Morgan fingerprint density at radius 2 is 1.76 bits per heavy atom. The summed E-state index contributed by atoms with van der Waals surface area (Å²) in [4.78, 5) is 20.1. The van der Waals surface area contributed by atoms with Gasteiger partial charge in [0.05, 0.1) is 18.7 Å². The number of halogens is 2. The van der Waals surface area contributed by atoms with Crippen LogP contribution in [0.25, 0.3) is 0 Å². The highest BCUT2D eigenvalue weighted by Gasteiger charge is 2.36. The Morgan fingerprint density at radius 1 is 1.14 bits per heavy atom. The highest BCUT2D eigenvalue weighted by molar-refractivity contribution is 9.10. The van der Waals surface area contributed by atoms with Crippen molar-refractivity contribution >= 4 is 43.5 Å².